The Morgan fingerprint density at radius 1 is 1.26 bits per heavy atom. The third-order valence-corrected chi connectivity index (χ3v) is 7.57. The molecule has 1 nitrogen and oxygen atoms in total. The van der Waals surface area contributed by atoms with Gasteiger partial charge in [0, 0.05) is 10.9 Å². The number of hydrogen-bond donors (Lipinski definition) is 1. The largest absolute Gasteiger partial charge is 0.310 e. The average Bonchev–Trinajstić information content (AvgIpc) is 3.09. The Hall–Kier alpha value is 0.390. The second-order valence-electron chi connectivity index (χ2n) is 6.72. The highest BCUT2D eigenvalue weighted by atomic mass is 127. The van der Waals surface area contributed by atoms with Crippen molar-refractivity contribution in [3.8, 4) is 0 Å². The van der Waals surface area contributed by atoms with E-state index in [1.54, 1.807) is 16.9 Å². The van der Waals surface area contributed by atoms with Crippen LogP contribution in [0.4, 0.5) is 0 Å². The van der Waals surface area contributed by atoms with Crippen molar-refractivity contribution >= 4 is 33.9 Å². The molecule has 0 radical (unpaired) electrons. The highest BCUT2D eigenvalue weighted by Crippen LogP contribution is 2.48. The molecule has 4 atom stereocenters. The van der Waals surface area contributed by atoms with Gasteiger partial charge >= 0.3 is 0 Å². The molecular formula is C16H22INS. The predicted octanol–water partition coefficient (Wildman–Crippen LogP) is 4.76. The molecule has 2 saturated carbocycles. The predicted molar refractivity (Wildman–Crippen MR) is 89.7 cm³/mol. The molecule has 0 spiro atoms. The molecule has 1 aromatic rings. The molecule has 4 unspecified atom stereocenters. The summed E-state index contributed by atoms with van der Waals surface area (Å²) < 4.78 is 1.47. The van der Waals surface area contributed by atoms with Crippen LogP contribution in [0.25, 0.3) is 0 Å². The first kappa shape index (κ1) is 13.1. The lowest BCUT2D eigenvalue weighted by Crippen LogP contribution is -2.31. The average molecular weight is 387 g/mol. The van der Waals surface area contributed by atoms with E-state index in [0.717, 1.165) is 17.8 Å². The van der Waals surface area contributed by atoms with Gasteiger partial charge in [-0.25, -0.2) is 0 Å². The number of rotatable bonds is 3. The lowest BCUT2D eigenvalue weighted by atomic mass is 9.87. The number of fused-ring (bicyclic) bond motifs is 3. The molecule has 0 saturated heterocycles. The van der Waals surface area contributed by atoms with Crippen molar-refractivity contribution in [2.75, 3.05) is 6.54 Å². The molecule has 1 N–H and O–H groups in total. The zero-order valence-electron chi connectivity index (χ0n) is 11.3. The Balaban J connectivity index is 1.41. The van der Waals surface area contributed by atoms with E-state index in [2.05, 4.69) is 34.0 Å². The minimum Gasteiger partial charge on any atom is -0.310 e. The summed E-state index contributed by atoms with van der Waals surface area (Å²) in [6.07, 6.45) is 10.1. The third kappa shape index (κ3) is 2.51. The summed E-state index contributed by atoms with van der Waals surface area (Å²) in [5, 5.41) is 3.92. The summed E-state index contributed by atoms with van der Waals surface area (Å²) in [6, 6.07) is 3.08. The minimum absolute atomic E-state index is 0.655. The second-order valence-corrected chi connectivity index (χ2v) is 9.75. The molecule has 3 heteroatoms. The van der Waals surface area contributed by atoms with E-state index in [9.17, 15) is 0 Å². The van der Waals surface area contributed by atoms with Crippen molar-refractivity contribution in [2.24, 2.45) is 17.8 Å². The van der Waals surface area contributed by atoms with Gasteiger partial charge in [-0.05, 0) is 97.0 Å². The molecule has 1 heterocycles. The van der Waals surface area contributed by atoms with Gasteiger partial charge < -0.3 is 5.32 Å². The van der Waals surface area contributed by atoms with Crippen LogP contribution in [0.5, 0.6) is 0 Å². The molecule has 2 fully saturated rings. The Morgan fingerprint density at radius 3 is 3.00 bits per heavy atom. The SMILES string of the molecule is Ic1cc2c(s1)CCCC2NCC1CC2CCC1C2. The molecule has 2 bridgehead atoms. The van der Waals surface area contributed by atoms with Crippen molar-refractivity contribution in [2.45, 2.75) is 51.0 Å². The Kier molecular flexibility index (Phi) is 3.65. The van der Waals surface area contributed by atoms with Crippen molar-refractivity contribution < 1.29 is 0 Å². The van der Waals surface area contributed by atoms with Gasteiger partial charge in [0.1, 0.15) is 0 Å². The minimum atomic E-state index is 0.655. The van der Waals surface area contributed by atoms with Crippen LogP contribution in [0.1, 0.15) is 55.0 Å². The maximum atomic E-state index is 3.92. The molecule has 104 valence electrons. The summed E-state index contributed by atoms with van der Waals surface area (Å²) >= 11 is 4.49. The fourth-order valence-corrected chi connectivity index (χ4v) is 6.77. The topological polar surface area (TPSA) is 12.0 Å². The zero-order chi connectivity index (χ0) is 12.8. The molecule has 0 aromatic carbocycles. The molecular weight excluding hydrogens is 365 g/mol. The van der Waals surface area contributed by atoms with Crippen LogP contribution >= 0.6 is 33.9 Å². The molecule has 3 aliphatic carbocycles. The van der Waals surface area contributed by atoms with Crippen LogP contribution in [0, 0.1) is 20.6 Å². The maximum Gasteiger partial charge on any atom is 0.0659 e. The molecule has 0 amide bonds. The third-order valence-electron chi connectivity index (χ3n) is 5.59. The first-order valence-corrected chi connectivity index (χ1v) is 9.70. The molecule has 1 aromatic heterocycles. The number of halogens is 1. The van der Waals surface area contributed by atoms with Gasteiger partial charge in [-0.2, -0.15) is 0 Å². The monoisotopic (exact) mass is 387 g/mol. The van der Waals surface area contributed by atoms with E-state index < -0.39 is 0 Å². The number of aryl methyl sites for hydroxylation is 1. The van der Waals surface area contributed by atoms with Gasteiger partial charge in [-0.1, -0.05) is 6.42 Å². The Labute approximate surface area is 133 Å². The summed E-state index contributed by atoms with van der Waals surface area (Å²) in [5.74, 6) is 3.13. The van der Waals surface area contributed by atoms with Gasteiger partial charge in [-0.3, -0.25) is 0 Å². The number of hydrogen-bond acceptors (Lipinski definition) is 2. The number of thiophene rings is 1. The summed E-state index contributed by atoms with van der Waals surface area (Å²) in [5.41, 5.74) is 1.63. The van der Waals surface area contributed by atoms with Crippen LogP contribution < -0.4 is 5.32 Å². The highest BCUT2D eigenvalue weighted by molar-refractivity contribution is 14.1. The van der Waals surface area contributed by atoms with E-state index in [4.69, 9.17) is 0 Å². The summed E-state index contributed by atoms with van der Waals surface area (Å²) in [6.45, 7) is 1.28. The molecule has 4 rings (SSSR count). The quantitative estimate of drug-likeness (QED) is 0.738. The lowest BCUT2D eigenvalue weighted by molar-refractivity contribution is 0.300. The van der Waals surface area contributed by atoms with E-state index in [-0.39, 0.29) is 0 Å². The van der Waals surface area contributed by atoms with E-state index in [0.29, 0.717) is 6.04 Å². The van der Waals surface area contributed by atoms with E-state index in [1.165, 1.54) is 48.0 Å². The van der Waals surface area contributed by atoms with Crippen molar-refractivity contribution in [3.05, 3.63) is 19.4 Å². The van der Waals surface area contributed by atoms with Gasteiger partial charge in [0.05, 0.1) is 2.88 Å². The fourth-order valence-electron chi connectivity index (χ4n) is 4.65. The first-order valence-electron chi connectivity index (χ1n) is 7.81. The summed E-state index contributed by atoms with van der Waals surface area (Å²) in [7, 11) is 0. The van der Waals surface area contributed by atoms with Crippen LogP contribution in [0.2, 0.25) is 0 Å². The molecule has 3 aliphatic rings. The van der Waals surface area contributed by atoms with Gasteiger partial charge in [0.25, 0.3) is 0 Å². The van der Waals surface area contributed by atoms with Gasteiger partial charge in [0.15, 0.2) is 0 Å². The standard InChI is InChI=1S/C16H22INS/c17-16-8-13-14(2-1-3-15(13)19-16)18-9-12-7-10-4-5-11(12)6-10/h8,10-12,14,18H,1-7,9H2. The zero-order valence-corrected chi connectivity index (χ0v) is 14.3. The van der Waals surface area contributed by atoms with Crippen LogP contribution in [0.15, 0.2) is 6.07 Å². The number of nitrogens with one attached hydrogen (secondary N) is 1. The van der Waals surface area contributed by atoms with Crippen molar-refractivity contribution in [1.29, 1.82) is 0 Å². The maximum absolute atomic E-state index is 3.92. The highest BCUT2D eigenvalue weighted by Gasteiger charge is 2.39. The Bertz CT molecular complexity index is 469. The smallest absolute Gasteiger partial charge is 0.0659 e. The Morgan fingerprint density at radius 2 is 2.21 bits per heavy atom. The lowest BCUT2D eigenvalue weighted by Gasteiger charge is -2.28. The van der Waals surface area contributed by atoms with Crippen LogP contribution in [-0.2, 0) is 6.42 Å². The second kappa shape index (κ2) is 5.30. The van der Waals surface area contributed by atoms with Gasteiger partial charge in [0.2, 0.25) is 0 Å². The fraction of sp³-hybridized carbons (Fsp3) is 0.750. The molecule has 0 aliphatic heterocycles. The van der Waals surface area contributed by atoms with Crippen molar-refractivity contribution in [1.82, 2.24) is 5.32 Å². The van der Waals surface area contributed by atoms with Crippen molar-refractivity contribution in [3.63, 3.8) is 0 Å². The van der Waals surface area contributed by atoms with E-state index >= 15 is 0 Å². The normalized spacial score (nSPS) is 36.7. The first-order chi connectivity index (χ1) is 9.29. The van der Waals surface area contributed by atoms with E-state index in [1.807, 2.05) is 11.3 Å². The summed E-state index contributed by atoms with van der Waals surface area (Å²) in [4.78, 5) is 1.65. The molecule has 19 heavy (non-hydrogen) atoms. The van der Waals surface area contributed by atoms with Gasteiger partial charge in [-0.15, -0.1) is 11.3 Å². The van der Waals surface area contributed by atoms with Crippen LogP contribution in [-0.4, -0.2) is 6.54 Å². The van der Waals surface area contributed by atoms with Crippen LogP contribution in [0.3, 0.4) is 0 Å².